The van der Waals surface area contributed by atoms with Crippen molar-refractivity contribution in [3.63, 3.8) is 0 Å². The molecule has 3 nitrogen and oxygen atoms in total. The lowest BCUT2D eigenvalue weighted by Crippen LogP contribution is -2.17. The first-order valence-electron chi connectivity index (χ1n) is 5.24. The van der Waals surface area contributed by atoms with Crippen molar-refractivity contribution in [1.82, 2.24) is 4.98 Å². The molecule has 0 saturated carbocycles. The number of anilines is 2. The van der Waals surface area contributed by atoms with E-state index in [0.29, 0.717) is 0 Å². The Bertz CT molecular complexity index is 524. The molecular formula is C12H14ClN3S. The second kappa shape index (κ2) is 4.94. The molecule has 90 valence electrons. The molecule has 0 unspecified atom stereocenters. The number of nitrogens with two attached hydrogens (primary N) is 1. The number of nitrogen functional groups attached to an aromatic ring is 1. The van der Waals surface area contributed by atoms with Gasteiger partial charge in [-0.25, -0.2) is 4.98 Å². The molecule has 2 aromatic rings. The van der Waals surface area contributed by atoms with E-state index in [9.17, 15) is 0 Å². The van der Waals surface area contributed by atoms with E-state index in [2.05, 4.69) is 9.88 Å². The Labute approximate surface area is 110 Å². The number of hydrogen-bond donors (Lipinski definition) is 1. The summed E-state index contributed by atoms with van der Waals surface area (Å²) in [5.74, 6) is 0.918. The van der Waals surface area contributed by atoms with Crippen molar-refractivity contribution >= 4 is 34.4 Å². The third-order valence-electron chi connectivity index (χ3n) is 2.55. The fourth-order valence-electron chi connectivity index (χ4n) is 1.51. The van der Waals surface area contributed by atoms with E-state index >= 15 is 0 Å². The second-order valence-corrected chi connectivity index (χ2v) is 5.76. The smallest absolute Gasteiger partial charge is 0.128 e. The summed E-state index contributed by atoms with van der Waals surface area (Å²) in [5, 5.41) is 0. The molecule has 0 spiro atoms. The highest BCUT2D eigenvalue weighted by Crippen LogP contribution is 2.24. The molecule has 0 aliphatic heterocycles. The third-order valence-corrected chi connectivity index (χ3v) is 3.77. The molecule has 0 aliphatic carbocycles. The lowest BCUT2D eigenvalue weighted by Gasteiger charge is -2.18. The largest absolute Gasteiger partial charge is 0.397 e. The molecule has 2 N–H and O–H groups in total. The molecule has 0 amide bonds. The van der Waals surface area contributed by atoms with Crippen LogP contribution in [0.2, 0.25) is 4.34 Å². The summed E-state index contributed by atoms with van der Waals surface area (Å²) >= 11 is 7.49. The van der Waals surface area contributed by atoms with Crippen LogP contribution in [0.15, 0.2) is 24.4 Å². The minimum absolute atomic E-state index is 0.723. The molecule has 5 heteroatoms. The predicted octanol–water partition coefficient (Wildman–Crippen LogP) is 3.32. The van der Waals surface area contributed by atoms with Crippen LogP contribution < -0.4 is 10.6 Å². The summed E-state index contributed by atoms with van der Waals surface area (Å²) in [5.41, 5.74) is 7.52. The van der Waals surface area contributed by atoms with Crippen LogP contribution in [-0.2, 0) is 6.54 Å². The Kier molecular flexibility index (Phi) is 3.54. The minimum Gasteiger partial charge on any atom is -0.397 e. The minimum atomic E-state index is 0.723. The van der Waals surface area contributed by atoms with Gasteiger partial charge in [-0.05, 0) is 30.7 Å². The number of nitrogens with zero attached hydrogens (tertiary/aromatic N) is 2. The first-order valence-corrected chi connectivity index (χ1v) is 6.43. The van der Waals surface area contributed by atoms with Gasteiger partial charge in [0.05, 0.1) is 22.8 Å². The average Bonchev–Trinajstić information content (AvgIpc) is 2.68. The fraction of sp³-hybridized carbons (Fsp3) is 0.250. The number of pyridine rings is 1. The summed E-state index contributed by atoms with van der Waals surface area (Å²) in [7, 11) is 2.01. The normalized spacial score (nSPS) is 10.5. The Morgan fingerprint density at radius 1 is 1.47 bits per heavy atom. The van der Waals surface area contributed by atoms with Gasteiger partial charge in [-0.3, -0.25) is 0 Å². The Morgan fingerprint density at radius 2 is 2.24 bits per heavy atom. The fourth-order valence-corrected chi connectivity index (χ4v) is 2.65. The van der Waals surface area contributed by atoms with Gasteiger partial charge in [0.15, 0.2) is 0 Å². The number of thiophene rings is 1. The number of aromatic nitrogens is 1. The second-order valence-electron chi connectivity index (χ2n) is 3.96. The van der Waals surface area contributed by atoms with Crippen molar-refractivity contribution in [2.75, 3.05) is 17.7 Å². The van der Waals surface area contributed by atoms with Crippen LogP contribution in [0.1, 0.15) is 10.4 Å². The zero-order valence-corrected chi connectivity index (χ0v) is 11.3. The molecular weight excluding hydrogens is 254 g/mol. The predicted molar refractivity (Wildman–Crippen MR) is 74.8 cm³/mol. The highest BCUT2D eigenvalue weighted by atomic mass is 35.5. The maximum absolute atomic E-state index is 5.90. The van der Waals surface area contributed by atoms with Crippen LogP contribution in [0.25, 0.3) is 0 Å². The maximum Gasteiger partial charge on any atom is 0.128 e. The highest BCUT2D eigenvalue weighted by molar-refractivity contribution is 7.16. The first-order chi connectivity index (χ1) is 8.06. The molecule has 0 fully saturated rings. The van der Waals surface area contributed by atoms with Gasteiger partial charge in [0.1, 0.15) is 5.82 Å². The summed E-state index contributed by atoms with van der Waals surface area (Å²) in [6, 6.07) is 5.94. The van der Waals surface area contributed by atoms with Crippen LogP contribution in [0.3, 0.4) is 0 Å². The highest BCUT2D eigenvalue weighted by Gasteiger charge is 2.06. The molecule has 2 heterocycles. The zero-order chi connectivity index (χ0) is 12.4. The van der Waals surface area contributed by atoms with E-state index in [1.54, 1.807) is 17.5 Å². The van der Waals surface area contributed by atoms with Crippen LogP contribution in [0.4, 0.5) is 11.5 Å². The van der Waals surface area contributed by atoms with Gasteiger partial charge in [0.2, 0.25) is 0 Å². The maximum atomic E-state index is 5.90. The molecule has 17 heavy (non-hydrogen) atoms. The standard InChI is InChI=1S/C12H14ClN3S/c1-8-5-12(15-6-10(8)14)16(2)7-9-3-4-11(13)17-9/h3-6H,7,14H2,1-2H3. The van der Waals surface area contributed by atoms with E-state index in [0.717, 1.165) is 27.9 Å². The molecule has 2 aromatic heterocycles. The van der Waals surface area contributed by atoms with E-state index in [1.807, 2.05) is 32.2 Å². The van der Waals surface area contributed by atoms with Crippen molar-refractivity contribution in [1.29, 1.82) is 0 Å². The van der Waals surface area contributed by atoms with E-state index in [1.165, 1.54) is 4.88 Å². The van der Waals surface area contributed by atoms with Gasteiger partial charge in [-0.15, -0.1) is 11.3 Å². The number of hydrogen-bond acceptors (Lipinski definition) is 4. The van der Waals surface area contributed by atoms with Crippen LogP contribution >= 0.6 is 22.9 Å². The molecule has 0 aliphatic rings. The van der Waals surface area contributed by atoms with Gasteiger partial charge in [-0.1, -0.05) is 11.6 Å². The number of aryl methyl sites for hydroxylation is 1. The third kappa shape index (κ3) is 2.90. The Morgan fingerprint density at radius 3 is 2.82 bits per heavy atom. The van der Waals surface area contributed by atoms with Gasteiger partial charge >= 0.3 is 0 Å². The Balaban J connectivity index is 2.14. The zero-order valence-electron chi connectivity index (χ0n) is 9.77. The molecule has 0 bridgehead atoms. The summed E-state index contributed by atoms with van der Waals surface area (Å²) < 4.78 is 0.815. The molecule has 0 aromatic carbocycles. The summed E-state index contributed by atoms with van der Waals surface area (Å²) in [4.78, 5) is 7.61. The summed E-state index contributed by atoms with van der Waals surface area (Å²) in [6.07, 6.45) is 1.70. The molecule has 0 atom stereocenters. The van der Waals surface area contributed by atoms with Gasteiger partial charge in [0.25, 0.3) is 0 Å². The Hall–Kier alpha value is -1.26. The van der Waals surface area contributed by atoms with E-state index in [-0.39, 0.29) is 0 Å². The van der Waals surface area contributed by atoms with Crippen molar-refractivity contribution in [3.8, 4) is 0 Å². The monoisotopic (exact) mass is 267 g/mol. The first kappa shape index (κ1) is 12.2. The van der Waals surface area contributed by atoms with Crippen molar-refractivity contribution in [2.24, 2.45) is 0 Å². The van der Waals surface area contributed by atoms with Crippen molar-refractivity contribution in [2.45, 2.75) is 13.5 Å². The van der Waals surface area contributed by atoms with Crippen molar-refractivity contribution < 1.29 is 0 Å². The van der Waals surface area contributed by atoms with Gasteiger partial charge in [0, 0.05) is 11.9 Å². The number of halogens is 1. The van der Waals surface area contributed by atoms with Crippen LogP contribution in [-0.4, -0.2) is 12.0 Å². The average molecular weight is 268 g/mol. The van der Waals surface area contributed by atoms with Gasteiger partial charge < -0.3 is 10.6 Å². The van der Waals surface area contributed by atoms with Crippen molar-refractivity contribution in [3.05, 3.63) is 39.2 Å². The summed E-state index contributed by atoms with van der Waals surface area (Å²) in [6.45, 7) is 2.78. The quantitative estimate of drug-likeness (QED) is 0.928. The molecule has 0 saturated heterocycles. The van der Waals surface area contributed by atoms with Crippen LogP contribution in [0.5, 0.6) is 0 Å². The van der Waals surface area contributed by atoms with E-state index < -0.39 is 0 Å². The molecule has 0 radical (unpaired) electrons. The topological polar surface area (TPSA) is 42.2 Å². The SMILES string of the molecule is Cc1cc(N(C)Cc2ccc(Cl)s2)ncc1N. The van der Waals surface area contributed by atoms with E-state index in [4.69, 9.17) is 17.3 Å². The lowest BCUT2D eigenvalue weighted by atomic mass is 10.2. The number of rotatable bonds is 3. The van der Waals surface area contributed by atoms with Gasteiger partial charge in [-0.2, -0.15) is 0 Å². The lowest BCUT2D eigenvalue weighted by molar-refractivity contribution is 0.911. The van der Waals surface area contributed by atoms with Crippen LogP contribution in [0, 0.1) is 6.92 Å². The molecule has 2 rings (SSSR count).